The van der Waals surface area contributed by atoms with Crippen molar-refractivity contribution in [3.05, 3.63) is 47.0 Å². The van der Waals surface area contributed by atoms with E-state index in [1.165, 1.54) is 24.4 Å². The molecule has 2 rings (SSSR count). The van der Waals surface area contributed by atoms with Crippen LogP contribution < -0.4 is 0 Å². The molecule has 1 heterocycles. The third kappa shape index (κ3) is 4.30. The van der Waals surface area contributed by atoms with Gasteiger partial charge in [-0.25, -0.2) is 8.42 Å². The lowest BCUT2D eigenvalue weighted by atomic mass is 10.1. The number of amides is 1. The van der Waals surface area contributed by atoms with E-state index in [2.05, 4.69) is 0 Å². The van der Waals surface area contributed by atoms with Gasteiger partial charge >= 0.3 is 0 Å². The number of Topliss-reactive ketones (excluding diaryl/α,β-unsaturated/α-hetero) is 1. The monoisotopic (exact) mass is 350 g/mol. The van der Waals surface area contributed by atoms with Crippen LogP contribution in [0.5, 0.6) is 0 Å². The maximum atomic E-state index is 12.5. The van der Waals surface area contributed by atoms with Crippen LogP contribution in [-0.2, 0) is 14.8 Å². The Hall–Kier alpha value is -1.99. The minimum Gasteiger partial charge on any atom is -0.310 e. The van der Waals surface area contributed by atoms with Gasteiger partial charge in [0.05, 0.1) is 11.4 Å². The molecule has 1 aliphatic rings. The highest BCUT2D eigenvalue weighted by Gasteiger charge is 2.27. The topological polar surface area (TPSA) is 74.8 Å². The van der Waals surface area contributed by atoms with E-state index in [0.29, 0.717) is 18.7 Å². The Kier molecular flexibility index (Phi) is 5.90. The molecule has 130 valence electrons. The third-order valence-electron chi connectivity index (χ3n) is 3.96. The summed E-state index contributed by atoms with van der Waals surface area (Å²) in [6.45, 7) is 3.57. The molecule has 1 fully saturated rings. The predicted octanol–water partition coefficient (Wildman–Crippen LogP) is 2.00. The summed E-state index contributed by atoms with van der Waals surface area (Å²) in [6.07, 6.45) is 2.95. The van der Waals surface area contributed by atoms with Crippen LogP contribution in [-0.4, -0.2) is 48.9 Å². The Morgan fingerprint density at radius 3 is 2.25 bits per heavy atom. The first-order valence-corrected chi connectivity index (χ1v) is 9.30. The Balaban J connectivity index is 2.18. The van der Waals surface area contributed by atoms with Gasteiger partial charge in [-0.1, -0.05) is 30.3 Å². The van der Waals surface area contributed by atoms with Crippen molar-refractivity contribution >= 4 is 21.7 Å². The molecule has 1 aliphatic heterocycles. The van der Waals surface area contributed by atoms with Gasteiger partial charge in [0, 0.05) is 31.8 Å². The fourth-order valence-corrected chi connectivity index (χ4v) is 3.94. The Labute approximate surface area is 142 Å². The SMILES string of the molecule is CC(=O)N(/C=C(\C)S(=O)(=O)N1CCCC1)CC(=O)c1ccccc1. The van der Waals surface area contributed by atoms with Gasteiger partial charge in [-0.15, -0.1) is 0 Å². The Morgan fingerprint density at radius 2 is 1.71 bits per heavy atom. The second kappa shape index (κ2) is 7.72. The molecule has 0 aliphatic carbocycles. The highest BCUT2D eigenvalue weighted by molar-refractivity contribution is 7.93. The van der Waals surface area contributed by atoms with Gasteiger partial charge in [0.1, 0.15) is 0 Å². The van der Waals surface area contributed by atoms with Crippen LogP contribution in [0.25, 0.3) is 0 Å². The highest BCUT2D eigenvalue weighted by atomic mass is 32.2. The number of benzene rings is 1. The predicted molar refractivity (Wildman–Crippen MR) is 91.6 cm³/mol. The van der Waals surface area contributed by atoms with E-state index < -0.39 is 10.0 Å². The van der Waals surface area contributed by atoms with Crippen LogP contribution in [0, 0.1) is 0 Å². The quantitative estimate of drug-likeness (QED) is 0.736. The molecule has 0 saturated carbocycles. The molecular formula is C17H22N2O4S. The van der Waals surface area contributed by atoms with E-state index in [-0.39, 0.29) is 23.1 Å². The fraction of sp³-hybridized carbons (Fsp3) is 0.412. The number of carbonyl (C=O) groups excluding carboxylic acids is 2. The molecule has 0 unspecified atom stereocenters. The summed E-state index contributed by atoms with van der Waals surface area (Å²) in [6, 6.07) is 8.61. The number of rotatable bonds is 6. The molecule has 1 aromatic rings. The van der Waals surface area contributed by atoms with Crippen molar-refractivity contribution in [3.8, 4) is 0 Å². The summed E-state index contributed by atoms with van der Waals surface area (Å²) in [5.41, 5.74) is 0.484. The van der Waals surface area contributed by atoms with Crippen LogP contribution in [0.1, 0.15) is 37.0 Å². The van der Waals surface area contributed by atoms with Gasteiger partial charge in [0.25, 0.3) is 0 Å². The molecule has 1 saturated heterocycles. The van der Waals surface area contributed by atoms with E-state index in [4.69, 9.17) is 0 Å². The average Bonchev–Trinajstić information content (AvgIpc) is 3.10. The van der Waals surface area contributed by atoms with Gasteiger partial charge < -0.3 is 4.90 Å². The van der Waals surface area contributed by atoms with Crippen molar-refractivity contribution in [1.82, 2.24) is 9.21 Å². The van der Waals surface area contributed by atoms with Crippen LogP contribution in [0.15, 0.2) is 41.4 Å². The molecule has 0 N–H and O–H groups in total. The van der Waals surface area contributed by atoms with E-state index >= 15 is 0 Å². The lowest BCUT2D eigenvalue weighted by Gasteiger charge is -2.20. The normalized spacial score (nSPS) is 16.2. The first-order chi connectivity index (χ1) is 11.3. The molecule has 1 amide bonds. The van der Waals surface area contributed by atoms with E-state index in [1.807, 2.05) is 0 Å². The van der Waals surface area contributed by atoms with Crippen molar-refractivity contribution in [2.24, 2.45) is 0 Å². The molecule has 6 nitrogen and oxygen atoms in total. The van der Waals surface area contributed by atoms with Crippen molar-refractivity contribution in [3.63, 3.8) is 0 Å². The molecule has 0 atom stereocenters. The second-order valence-corrected chi connectivity index (χ2v) is 7.90. The minimum atomic E-state index is -3.58. The lowest BCUT2D eigenvalue weighted by Crippen LogP contribution is -2.33. The summed E-state index contributed by atoms with van der Waals surface area (Å²) < 4.78 is 26.4. The fourth-order valence-electron chi connectivity index (χ4n) is 2.54. The maximum absolute atomic E-state index is 12.5. The summed E-state index contributed by atoms with van der Waals surface area (Å²) in [4.78, 5) is 25.3. The number of carbonyl (C=O) groups is 2. The summed E-state index contributed by atoms with van der Waals surface area (Å²) in [5.74, 6) is -0.622. The van der Waals surface area contributed by atoms with Crippen LogP contribution in [0.3, 0.4) is 0 Å². The smallest absolute Gasteiger partial charge is 0.240 e. The molecule has 7 heteroatoms. The first-order valence-electron chi connectivity index (χ1n) is 7.86. The van der Waals surface area contributed by atoms with Gasteiger partial charge in [-0.2, -0.15) is 4.31 Å². The molecule has 0 radical (unpaired) electrons. The largest absolute Gasteiger partial charge is 0.310 e. The van der Waals surface area contributed by atoms with Crippen molar-refractivity contribution in [1.29, 1.82) is 0 Å². The lowest BCUT2D eigenvalue weighted by molar-refractivity contribution is -0.125. The average molecular weight is 350 g/mol. The number of hydrogen-bond donors (Lipinski definition) is 0. The number of sulfonamides is 1. The van der Waals surface area contributed by atoms with Gasteiger partial charge in [-0.05, 0) is 19.8 Å². The second-order valence-electron chi connectivity index (χ2n) is 5.79. The van der Waals surface area contributed by atoms with E-state index in [1.54, 1.807) is 30.3 Å². The summed E-state index contributed by atoms with van der Waals surface area (Å²) in [7, 11) is -3.58. The van der Waals surface area contributed by atoms with Gasteiger partial charge in [0.2, 0.25) is 15.9 Å². The number of ketones is 1. The highest BCUT2D eigenvalue weighted by Crippen LogP contribution is 2.19. The molecule has 1 aromatic carbocycles. The molecule has 24 heavy (non-hydrogen) atoms. The van der Waals surface area contributed by atoms with Gasteiger partial charge in [-0.3, -0.25) is 9.59 Å². The van der Waals surface area contributed by atoms with Crippen molar-refractivity contribution in [2.75, 3.05) is 19.6 Å². The standard InChI is InChI=1S/C17H22N2O4S/c1-14(24(22,23)19-10-6-7-11-19)12-18(15(2)20)13-17(21)16-8-4-3-5-9-16/h3-5,8-9,12H,6-7,10-11,13H2,1-2H3/b14-12+. The van der Waals surface area contributed by atoms with E-state index in [0.717, 1.165) is 17.7 Å². The van der Waals surface area contributed by atoms with Crippen LogP contribution in [0.2, 0.25) is 0 Å². The molecule has 0 bridgehead atoms. The summed E-state index contributed by atoms with van der Waals surface area (Å²) in [5, 5.41) is 0. The summed E-state index contributed by atoms with van der Waals surface area (Å²) >= 11 is 0. The molecule has 0 aromatic heterocycles. The zero-order valence-corrected chi connectivity index (χ0v) is 14.8. The minimum absolute atomic E-state index is 0.0699. The van der Waals surface area contributed by atoms with Gasteiger partial charge in [0.15, 0.2) is 5.78 Å². The molecule has 0 spiro atoms. The van der Waals surface area contributed by atoms with Crippen molar-refractivity contribution < 1.29 is 18.0 Å². The van der Waals surface area contributed by atoms with Crippen LogP contribution in [0.4, 0.5) is 0 Å². The molecular weight excluding hydrogens is 328 g/mol. The van der Waals surface area contributed by atoms with E-state index in [9.17, 15) is 18.0 Å². The Bertz CT molecular complexity index is 735. The number of allylic oxidation sites excluding steroid dienone is 1. The number of nitrogens with zero attached hydrogens (tertiary/aromatic N) is 2. The maximum Gasteiger partial charge on any atom is 0.240 e. The third-order valence-corrected chi connectivity index (χ3v) is 5.93. The zero-order valence-electron chi connectivity index (χ0n) is 13.9. The first kappa shape index (κ1) is 18.4. The number of hydrogen-bond acceptors (Lipinski definition) is 4. The van der Waals surface area contributed by atoms with Crippen molar-refractivity contribution in [2.45, 2.75) is 26.7 Å². The van der Waals surface area contributed by atoms with Crippen LogP contribution >= 0.6 is 0 Å². The Morgan fingerprint density at radius 1 is 1.12 bits per heavy atom. The zero-order chi connectivity index (χ0) is 17.7.